The lowest BCUT2D eigenvalue weighted by Gasteiger charge is -2.41. The van der Waals surface area contributed by atoms with Crippen molar-refractivity contribution in [1.29, 1.82) is 0 Å². The van der Waals surface area contributed by atoms with E-state index in [1.54, 1.807) is 72.5 Å². The van der Waals surface area contributed by atoms with E-state index in [9.17, 15) is 18.8 Å². The summed E-state index contributed by atoms with van der Waals surface area (Å²) < 4.78 is 24.1. The maximum Gasteiger partial charge on any atom is 0.340 e. The third-order valence-electron chi connectivity index (χ3n) is 6.15. The van der Waals surface area contributed by atoms with Crippen molar-refractivity contribution in [2.24, 2.45) is 0 Å². The maximum atomic E-state index is 13.9. The molecule has 1 aliphatic rings. The van der Waals surface area contributed by atoms with E-state index in [0.29, 0.717) is 22.4 Å². The lowest BCUT2D eigenvalue weighted by Crippen LogP contribution is -2.47. The van der Waals surface area contributed by atoms with Gasteiger partial charge in [-0.05, 0) is 48.4 Å². The van der Waals surface area contributed by atoms with Crippen molar-refractivity contribution in [2.75, 3.05) is 32.2 Å². The average Bonchev–Trinajstić information content (AvgIpc) is 2.89. The van der Waals surface area contributed by atoms with Crippen molar-refractivity contribution < 1.29 is 28.2 Å². The first-order valence-electron chi connectivity index (χ1n) is 11.7. The van der Waals surface area contributed by atoms with E-state index in [1.807, 2.05) is 0 Å². The van der Waals surface area contributed by atoms with E-state index >= 15 is 0 Å². The molecule has 2 atom stereocenters. The average molecular weight is 491 g/mol. The first-order chi connectivity index (χ1) is 17.5. The molecule has 4 rings (SSSR count). The molecule has 8 heteroatoms. The topological polar surface area (TPSA) is 84.9 Å². The fourth-order valence-corrected chi connectivity index (χ4v) is 4.53. The summed E-state index contributed by atoms with van der Waals surface area (Å²) in [5.74, 6) is -2.47. The summed E-state index contributed by atoms with van der Waals surface area (Å²) in [6.45, 7) is 2.39. The minimum atomic E-state index is -0.837. The van der Waals surface area contributed by atoms with Gasteiger partial charge in [0.2, 0.25) is 5.91 Å². The summed E-state index contributed by atoms with van der Waals surface area (Å²) in [4.78, 5) is 41.5. The molecule has 0 unspecified atom stereocenters. The highest BCUT2D eigenvalue weighted by Crippen LogP contribution is 2.43. The molecule has 0 saturated carbocycles. The SMILES string of the molecule is CCOC(=O)c1ccccc1NC(=O)[C@H]1c2ccccc2C(=O)N(CCOC)[C@@H]1c1ccc(F)cc1. The number of anilines is 1. The maximum absolute atomic E-state index is 13.9. The number of methoxy groups -OCH3 is 1. The molecular formula is C28H27FN2O5. The van der Waals surface area contributed by atoms with Crippen molar-refractivity contribution >= 4 is 23.5 Å². The molecule has 0 aromatic heterocycles. The number of nitrogens with one attached hydrogen (secondary N) is 1. The lowest BCUT2D eigenvalue weighted by atomic mass is 9.79. The van der Waals surface area contributed by atoms with Gasteiger partial charge >= 0.3 is 5.97 Å². The van der Waals surface area contributed by atoms with Crippen LogP contribution in [0.1, 0.15) is 50.7 Å². The molecule has 0 bridgehead atoms. The smallest absolute Gasteiger partial charge is 0.340 e. The van der Waals surface area contributed by atoms with Gasteiger partial charge in [-0.15, -0.1) is 0 Å². The Morgan fingerprint density at radius 2 is 1.69 bits per heavy atom. The minimum absolute atomic E-state index is 0.195. The van der Waals surface area contributed by atoms with E-state index in [1.165, 1.54) is 19.2 Å². The van der Waals surface area contributed by atoms with Crippen LogP contribution in [-0.2, 0) is 14.3 Å². The van der Waals surface area contributed by atoms with Crippen LogP contribution in [0.2, 0.25) is 0 Å². The Balaban J connectivity index is 1.81. The number of ether oxygens (including phenoxy) is 2. The molecule has 0 saturated heterocycles. The number of esters is 1. The van der Waals surface area contributed by atoms with Gasteiger partial charge in [0.1, 0.15) is 5.82 Å². The van der Waals surface area contributed by atoms with Crippen molar-refractivity contribution in [1.82, 2.24) is 4.90 Å². The Hall–Kier alpha value is -4.04. The van der Waals surface area contributed by atoms with Crippen LogP contribution in [0.25, 0.3) is 0 Å². The van der Waals surface area contributed by atoms with Crippen LogP contribution in [0.4, 0.5) is 10.1 Å². The molecule has 1 N–H and O–H groups in total. The van der Waals surface area contributed by atoms with Crippen molar-refractivity contribution in [3.8, 4) is 0 Å². The predicted octanol–water partition coefficient (Wildman–Crippen LogP) is 4.57. The third-order valence-corrected chi connectivity index (χ3v) is 6.15. The van der Waals surface area contributed by atoms with Crippen LogP contribution >= 0.6 is 0 Å². The summed E-state index contributed by atoms with van der Waals surface area (Å²) in [6, 6.07) is 18.6. The fourth-order valence-electron chi connectivity index (χ4n) is 4.53. The van der Waals surface area contributed by atoms with Crippen LogP contribution in [-0.4, -0.2) is 49.6 Å². The second-order valence-electron chi connectivity index (χ2n) is 8.31. The number of halogens is 1. The molecule has 3 aromatic carbocycles. The zero-order valence-corrected chi connectivity index (χ0v) is 20.1. The van der Waals surface area contributed by atoms with Gasteiger partial charge in [-0.1, -0.05) is 42.5 Å². The standard InChI is InChI=1S/C28H27FN2O5/c1-3-36-28(34)22-10-6-7-11-23(22)30-26(32)24-20-8-4-5-9-21(20)27(33)31(16-17-35-2)25(24)18-12-14-19(29)15-13-18/h4-15,24-25H,3,16-17H2,1-2H3,(H,30,32)/t24-,25+/m0/s1. The largest absolute Gasteiger partial charge is 0.462 e. The summed E-state index contributed by atoms with van der Waals surface area (Å²) >= 11 is 0. The molecule has 2 amide bonds. The number of benzene rings is 3. The van der Waals surface area contributed by atoms with Crippen molar-refractivity contribution in [2.45, 2.75) is 18.9 Å². The molecular weight excluding hydrogens is 463 g/mol. The third kappa shape index (κ3) is 4.99. The zero-order valence-electron chi connectivity index (χ0n) is 20.1. The van der Waals surface area contributed by atoms with Crippen LogP contribution in [0, 0.1) is 5.82 Å². The van der Waals surface area contributed by atoms with Crippen molar-refractivity contribution in [3.63, 3.8) is 0 Å². The molecule has 1 heterocycles. The predicted molar refractivity (Wildman–Crippen MR) is 132 cm³/mol. The summed E-state index contributed by atoms with van der Waals surface area (Å²) in [5, 5.41) is 2.88. The number of carbonyl (C=O) groups is 3. The van der Waals surface area contributed by atoms with E-state index in [0.717, 1.165) is 0 Å². The van der Waals surface area contributed by atoms with Crippen LogP contribution in [0.15, 0.2) is 72.8 Å². The Bertz CT molecular complexity index is 1260. The Morgan fingerprint density at radius 3 is 2.42 bits per heavy atom. The molecule has 0 aliphatic carbocycles. The van der Waals surface area contributed by atoms with Gasteiger partial charge in [-0.25, -0.2) is 9.18 Å². The van der Waals surface area contributed by atoms with Gasteiger partial charge in [0.15, 0.2) is 0 Å². The quantitative estimate of drug-likeness (QED) is 0.468. The van der Waals surface area contributed by atoms with E-state index in [-0.39, 0.29) is 31.2 Å². The normalized spacial score (nSPS) is 16.9. The number of rotatable bonds is 8. The van der Waals surface area contributed by atoms with Crippen LogP contribution < -0.4 is 5.32 Å². The Labute approximate surface area is 208 Å². The molecule has 3 aromatic rings. The van der Waals surface area contributed by atoms with Gasteiger partial charge in [0, 0.05) is 19.2 Å². The lowest BCUT2D eigenvalue weighted by molar-refractivity contribution is -0.119. The van der Waals surface area contributed by atoms with Gasteiger partial charge in [0.05, 0.1) is 36.4 Å². The van der Waals surface area contributed by atoms with E-state index in [4.69, 9.17) is 9.47 Å². The van der Waals surface area contributed by atoms with Gasteiger partial charge in [-0.2, -0.15) is 0 Å². The van der Waals surface area contributed by atoms with E-state index < -0.39 is 29.7 Å². The molecule has 1 aliphatic heterocycles. The molecule has 0 fully saturated rings. The zero-order chi connectivity index (χ0) is 25.7. The summed E-state index contributed by atoms with van der Waals surface area (Å²) in [7, 11) is 1.53. The second kappa shape index (κ2) is 11.1. The molecule has 7 nitrogen and oxygen atoms in total. The highest BCUT2D eigenvalue weighted by Gasteiger charge is 2.44. The number of hydrogen-bond donors (Lipinski definition) is 1. The Kier molecular flexibility index (Phi) is 7.75. The summed E-state index contributed by atoms with van der Waals surface area (Å²) in [6.07, 6.45) is 0. The highest BCUT2D eigenvalue weighted by molar-refractivity contribution is 6.07. The molecule has 36 heavy (non-hydrogen) atoms. The fraction of sp³-hybridized carbons (Fsp3) is 0.250. The summed E-state index contributed by atoms with van der Waals surface area (Å²) in [5.41, 5.74) is 2.09. The highest BCUT2D eigenvalue weighted by atomic mass is 19.1. The minimum Gasteiger partial charge on any atom is -0.462 e. The first kappa shape index (κ1) is 25.1. The van der Waals surface area contributed by atoms with Gasteiger partial charge < -0.3 is 19.7 Å². The molecule has 186 valence electrons. The Morgan fingerprint density at radius 1 is 1.00 bits per heavy atom. The van der Waals surface area contributed by atoms with Crippen molar-refractivity contribution in [3.05, 3.63) is 101 Å². The number of hydrogen-bond acceptors (Lipinski definition) is 5. The number of nitrogens with zero attached hydrogens (tertiary/aromatic N) is 1. The number of amides is 2. The number of carbonyl (C=O) groups excluding carboxylic acids is 3. The number of fused-ring (bicyclic) bond motifs is 1. The molecule has 0 radical (unpaired) electrons. The van der Waals surface area contributed by atoms with Crippen LogP contribution in [0.3, 0.4) is 0 Å². The first-order valence-corrected chi connectivity index (χ1v) is 11.7. The molecule has 0 spiro atoms. The van der Waals surface area contributed by atoms with Crippen LogP contribution in [0.5, 0.6) is 0 Å². The monoisotopic (exact) mass is 490 g/mol. The second-order valence-corrected chi connectivity index (χ2v) is 8.31. The van der Waals surface area contributed by atoms with E-state index in [2.05, 4.69) is 5.32 Å². The van der Waals surface area contributed by atoms with Gasteiger partial charge in [0.25, 0.3) is 5.91 Å². The number of para-hydroxylation sites is 1. The van der Waals surface area contributed by atoms with Gasteiger partial charge in [-0.3, -0.25) is 9.59 Å².